The number of benzene rings is 1. The summed E-state index contributed by atoms with van der Waals surface area (Å²) in [7, 11) is 2.13. The summed E-state index contributed by atoms with van der Waals surface area (Å²) in [6.07, 6.45) is 10.9. The molecule has 0 unspecified atom stereocenters. The number of aromatic nitrogens is 1. The Balaban J connectivity index is 1.42. The summed E-state index contributed by atoms with van der Waals surface area (Å²) in [6.45, 7) is 12.8. The summed E-state index contributed by atoms with van der Waals surface area (Å²) >= 11 is 1.63. The normalized spacial score (nSPS) is 18.2. The third-order valence-electron chi connectivity index (χ3n) is 9.51. The number of hydrogen-bond acceptors (Lipinski definition) is 7. The van der Waals surface area contributed by atoms with E-state index in [4.69, 9.17) is 4.98 Å². The zero-order valence-corrected chi connectivity index (χ0v) is 28.2. The molecule has 1 N–H and O–H groups in total. The van der Waals surface area contributed by atoms with Gasteiger partial charge in [0, 0.05) is 70.0 Å². The number of hydrogen-bond donors (Lipinski definition) is 1. The second-order valence-electron chi connectivity index (χ2n) is 13.2. The van der Waals surface area contributed by atoms with E-state index in [-0.39, 0.29) is 29.9 Å². The molecule has 1 aromatic heterocycles. The van der Waals surface area contributed by atoms with Gasteiger partial charge in [0.15, 0.2) is 5.78 Å². The second kappa shape index (κ2) is 17.3. The van der Waals surface area contributed by atoms with Crippen LogP contribution < -0.4 is 5.32 Å². The van der Waals surface area contributed by atoms with Gasteiger partial charge in [-0.05, 0) is 56.3 Å². The highest BCUT2D eigenvalue weighted by atomic mass is 32.1. The van der Waals surface area contributed by atoms with Crippen LogP contribution in [0.1, 0.15) is 95.0 Å². The number of amides is 1. The van der Waals surface area contributed by atoms with Crippen LogP contribution in [-0.4, -0.2) is 78.1 Å². The first-order valence-electron chi connectivity index (χ1n) is 17.1. The molecule has 2 aliphatic rings. The molecule has 0 spiro atoms. The average molecular weight is 623 g/mol. The molecule has 1 aliphatic carbocycles. The van der Waals surface area contributed by atoms with E-state index in [0.29, 0.717) is 43.7 Å². The van der Waals surface area contributed by atoms with E-state index in [9.17, 15) is 14.4 Å². The van der Waals surface area contributed by atoms with Crippen molar-refractivity contribution in [1.29, 1.82) is 0 Å². The van der Waals surface area contributed by atoms with Crippen molar-refractivity contribution in [1.82, 2.24) is 20.1 Å². The lowest BCUT2D eigenvalue weighted by Gasteiger charge is -2.32. The third-order valence-corrected chi connectivity index (χ3v) is 10.6. The molecule has 1 saturated heterocycles. The fourth-order valence-electron chi connectivity index (χ4n) is 6.69. The highest BCUT2D eigenvalue weighted by Gasteiger charge is 2.28. The summed E-state index contributed by atoms with van der Waals surface area (Å²) in [6, 6.07) is 6.26. The first kappa shape index (κ1) is 34.5. The van der Waals surface area contributed by atoms with Crippen LogP contribution in [0.2, 0.25) is 0 Å². The lowest BCUT2D eigenvalue weighted by atomic mass is 9.83. The summed E-state index contributed by atoms with van der Waals surface area (Å²) in [4.78, 5) is 49.4. The Kier molecular flexibility index (Phi) is 13.6. The maximum absolute atomic E-state index is 13.9. The molecule has 7 nitrogen and oxygen atoms in total. The molecular weight excluding hydrogens is 568 g/mol. The number of aryl methyl sites for hydroxylation is 1. The van der Waals surface area contributed by atoms with Crippen molar-refractivity contribution < 1.29 is 14.4 Å². The van der Waals surface area contributed by atoms with E-state index < -0.39 is 5.92 Å². The number of likely N-dealkylation sites (N-methyl/N-ethyl adjacent to an activating group) is 1. The molecule has 1 aromatic carbocycles. The van der Waals surface area contributed by atoms with Crippen molar-refractivity contribution in [2.75, 3.05) is 39.8 Å². The lowest BCUT2D eigenvalue weighted by molar-refractivity contribution is -0.130. The molecule has 1 amide bonds. The van der Waals surface area contributed by atoms with Gasteiger partial charge in [0.2, 0.25) is 5.91 Å². The predicted octanol–water partition coefficient (Wildman–Crippen LogP) is 6.38. The van der Waals surface area contributed by atoms with Gasteiger partial charge in [0.1, 0.15) is 5.78 Å². The van der Waals surface area contributed by atoms with Crippen molar-refractivity contribution in [2.45, 2.75) is 103 Å². The third kappa shape index (κ3) is 10.6. The van der Waals surface area contributed by atoms with Crippen molar-refractivity contribution in [3.63, 3.8) is 0 Å². The Morgan fingerprint density at radius 3 is 2.52 bits per heavy atom. The number of piperazine rings is 1. The smallest absolute Gasteiger partial charge is 0.224 e. The Labute approximate surface area is 268 Å². The van der Waals surface area contributed by atoms with E-state index in [1.54, 1.807) is 11.3 Å². The van der Waals surface area contributed by atoms with E-state index in [1.165, 1.54) is 37.7 Å². The number of fused-ring (bicyclic) bond motifs is 1. The van der Waals surface area contributed by atoms with Gasteiger partial charge in [-0.2, -0.15) is 0 Å². The van der Waals surface area contributed by atoms with Gasteiger partial charge in [0.05, 0.1) is 21.1 Å². The van der Waals surface area contributed by atoms with Crippen molar-refractivity contribution in [3.8, 4) is 0 Å². The van der Waals surface area contributed by atoms with Gasteiger partial charge >= 0.3 is 0 Å². The minimum Gasteiger partial charge on any atom is -0.353 e. The number of ketones is 2. The summed E-state index contributed by atoms with van der Waals surface area (Å²) in [5, 5.41) is 4.25. The molecule has 2 heterocycles. The van der Waals surface area contributed by atoms with Crippen molar-refractivity contribution in [2.24, 2.45) is 11.8 Å². The molecule has 2 aromatic rings. The number of carbonyl (C=O) groups excluding carboxylic acids is 3. The minimum absolute atomic E-state index is 0.0764. The standard InChI is InChI=1S/C36H54N4O3S/c1-5-10-31(41)23-29(24-35-38-32-15-13-27(6-2)22-34(32)44-35)36(43)37-30(21-28-11-8-7-9-12-28)14-16-33(42)26(3)25-40-19-17-39(4)18-20-40/h13,15,22,28-30H,3,5-12,14,16-21,23-25H2,1-2,4H3,(H,37,43)/t29-,30+/m0/s1. The molecule has 2 atom stereocenters. The van der Waals surface area contributed by atoms with Crippen LogP contribution in [0.3, 0.4) is 0 Å². The van der Waals surface area contributed by atoms with Gasteiger partial charge in [-0.25, -0.2) is 4.98 Å². The second-order valence-corrected chi connectivity index (χ2v) is 14.4. The molecule has 1 saturated carbocycles. The van der Waals surface area contributed by atoms with Crippen LogP contribution >= 0.6 is 11.3 Å². The first-order chi connectivity index (χ1) is 21.2. The van der Waals surface area contributed by atoms with Crippen molar-refractivity contribution in [3.05, 3.63) is 40.9 Å². The average Bonchev–Trinajstić information content (AvgIpc) is 3.42. The Bertz CT molecular complexity index is 1260. The molecule has 242 valence electrons. The number of Topliss-reactive ketones (excluding diaryl/α,β-unsaturated/α-hetero) is 2. The van der Waals surface area contributed by atoms with E-state index >= 15 is 0 Å². The van der Waals surface area contributed by atoms with E-state index in [1.807, 2.05) is 6.92 Å². The van der Waals surface area contributed by atoms with Crippen molar-refractivity contribution >= 4 is 39.0 Å². The van der Waals surface area contributed by atoms with Crippen LogP contribution in [-0.2, 0) is 27.2 Å². The predicted molar refractivity (Wildman–Crippen MR) is 181 cm³/mol. The largest absolute Gasteiger partial charge is 0.353 e. The fraction of sp³-hybridized carbons (Fsp3) is 0.667. The fourth-order valence-corrected chi connectivity index (χ4v) is 7.80. The van der Waals surface area contributed by atoms with Gasteiger partial charge in [-0.1, -0.05) is 58.6 Å². The Hall–Kier alpha value is -2.42. The van der Waals surface area contributed by atoms with Crippen LogP contribution in [0.25, 0.3) is 10.2 Å². The molecule has 0 radical (unpaired) electrons. The molecule has 8 heteroatoms. The Morgan fingerprint density at radius 2 is 1.82 bits per heavy atom. The monoisotopic (exact) mass is 622 g/mol. The first-order valence-corrected chi connectivity index (χ1v) is 17.9. The van der Waals surface area contributed by atoms with Gasteiger partial charge < -0.3 is 10.2 Å². The summed E-state index contributed by atoms with van der Waals surface area (Å²) < 4.78 is 1.13. The quantitative estimate of drug-likeness (QED) is 0.206. The number of rotatable bonds is 17. The SMILES string of the molecule is C=C(CN1CCN(C)CC1)C(=O)CC[C@H](CC1CCCCC1)NC(=O)[C@@H](CC(=O)CCC)Cc1nc2ccc(CC)cc2s1. The molecule has 1 aliphatic heterocycles. The summed E-state index contributed by atoms with van der Waals surface area (Å²) in [5.41, 5.74) is 2.89. The Morgan fingerprint density at radius 1 is 1.07 bits per heavy atom. The number of nitrogens with zero attached hydrogens (tertiary/aromatic N) is 3. The highest BCUT2D eigenvalue weighted by molar-refractivity contribution is 7.18. The van der Waals surface area contributed by atoms with Crippen LogP contribution in [0.4, 0.5) is 0 Å². The van der Waals surface area contributed by atoms with E-state index in [0.717, 1.165) is 60.7 Å². The molecule has 4 rings (SSSR count). The van der Waals surface area contributed by atoms with Crippen LogP contribution in [0.5, 0.6) is 0 Å². The van der Waals surface area contributed by atoms with Gasteiger partial charge in [0.25, 0.3) is 0 Å². The molecule has 2 fully saturated rings. The zero-order valence-electron chi connectivity index (χ0n) is 27.4. The van der Waals surface area contributed by atoms with Gasteiger partial charge in [-0.3, -0.25) is 19.3 Å². The van der Waals surface area contributed by atoms with E-state index in [2.05, 4.69) is 53.9 Å². The number of nitrogens with one attached hydrogen (secondary N) is 1. The van der Waals surface area contributed by atoms with Gasteiger partial charge in [-0.15, -0.1) is 11.3 Å². The maximum atomic E-state index is 13.9. The molecular formula is C36H54N4O3S. The lowest BCUT2D eigenvalue weighted by Crippen LogP contribution is -2.45. The molecule has 0 bridgehead atoms. The number of thiazole rings is 1. The van der Waals surface area contributed by atoms with Crippen LogP contribution in [0.15, 0.2) is 30.4 Å². The maximum Gasteiger partial charge on any atom is 0.224 e. The number of carbonyl (C=O) groups is 3. The van der Waals surface area contributed by atoms with Crippen LogP contribution in [0, 0.1) is 11.8 Å². The highest BCUT2D eigenvalue weighted by Crippen LogP contribution is 2.30. The topological polar surface area (TPSA) is 82.6 Å². The summed E-state index contributed by atoms with van der Waals surface area (Å²) in [5.74, 6) is 0.253. The zero-order chi connectivity index (χ0) is 31.5. The minimum atomic E-state index is -0.461. The molecule has 44 heavy (non-hydrogen) atoms.